The summed E-state index contributed by atoms with van der Waals surface area (Å²) >= 11 is 0. The number of unbranched alkanes of at least 4 members (excludes halogenated alkanes) is 2. The van der Waals surface area contributed by atoms with E-state index in [9.17, 15) is 4.79 Å². The molecule has 0 bridgehead atoms. The minimum absolute atomic E-state index is 0. The molecule has 0 radical (unpaired) electrons. The van der Waals surface area contributed by atoms with Crippen molar-refractivity contribution in [3.05, 3.63) is 59.9 Å². The highest BCUT2D eigenvalue weighted by Crippen LogP contribution is 2.29. The molecule has 0 atom stereocenters. The molecule has 198 valence electrons. The van der Waals surface area contributed by atoms with Crippen LogP contribution in [0.5, 0.6) is 0 Å². The van der Waals surface area contributed by atoms with Gasteiger partial charge in [-0.1, -0.05) is 31.5 Å². The number of guanidine groups is 1. The van der Waals surface area contributed by atoms with Gasteiger partial charge in [-0.15, -0.1) is 24.8 Å². The summed E-state index contributed by atoms with van der Waals surface area (Å²) in [6, 6.07) is 14.9. The Morgan fingerprint density at radius 1 is 1.00 bits per heavy atom. The van der Waals surface area contributed by atoms with E-state index >= 15 is 0 Å². The van der Waals surface area contributed by atoms with Crippen LogP contribution < -0.4 is 22.5 Å². The molecule has 7 N–H and O–H groups in total. The lowest BCUT2D eigenvalue weighted by molar-refractivity contribution is 0.0953. The smallest absolute Gasteiger partial charge is 0.251 e. The predicted octanol–water partition coefficient (Wildman–Crippen LogP) is 4.47. The number of hydrogen-bond donors (Lipinski definition) is 4. The molecule has 0 saturated carbocycles. The molecule has 0 spiro atoms. The third kappa shape index (κ3) is 7.02. The van der Waals surface area contributed by atoms with Crippen LogP contribution in [0.3, 0.4) is 0 Å². The van der Waals surface area contributed by atoms with Gasteiger partial charge in [0.2, 0.25) is 0 Å². The first kappa shape index (κ1) is 29.7. The zero-order valence-electron chi connectivity index (χ0n) is 20.8. The van der Waals surface area contributed by atoms with Gasteiger partial charge >= 0.3 is 0 Å². The van der Waals surface area contributed by atoms with E-state index < -0.39 is 0 Å². The number of aryl methyl sites for hydroxylation is 2. The Morgan fingerprint density at radius 2 is 1.73 bits per heavy atom. The summed E-state index contributed by atoms with van der Waals surface area (Å²) in [6.07, 6.45) is 4.78. The predicted molar refractivity (Wildman–Crippen MR) is 156 cm³/mol. The maximum atomic E-state index is 12.5. The number of imidazole rings is 1. The Kier molecular flexibility index (Phi) is 11.0. The summed E-state index contributed by atoms with van der Waals surface area (Å²) in [5, 5.41) is 4.04. The molecule has 4 rings (SSSR count). The topological polar surface area (TPSA) is 150 Å². The van der Waals surface area contributed by atoms with Crippen LogP contribution in [0.15, 0.2) is 53.5 Å². The Hall–Kier alpha value is -3.56. The number of pyridine rings is 1. The molecule has 0 fully saturated rings. The van der Waals surface area contributed by atoms with Gasteiger partial charge in [0.1, 0.15) is 11.3 Å². The number of nitrogens with zero attached hydrogens (tertiary/aromatic N) is 4. The van der Waals surface area contributed by atoms with E-state index in [0.717, 1.165) is 66.4 Å². The summed E-state index contributed by atoms with van der Waals surface area (Å²) in [7, 11) is 0. The molecule has 0 saturated heterocycles. The molecule has 0 aliphatic rings. The summed E-state index contributed by atoms with van der Waals surface area (Å²) in [6.45, 7) is 3.55. The number of fused-ring (bicyclic) bond motifs is 3. The van der Waals surface area contributed by atoms with Gasteiger partial charge < -0.3 is 27.1 Å². The van der Waals surface area contributed by atoms with Crippen LogP contribution in [-0.4, -0.2) is 32.9 Å². The zero-order chi connectivity index (χ0) is 24.8. The zero-order valence-corrected chi connectivity index (χ0v) is 22.4. The quantitative estimate of drug-likeness (QED) is 0.131. The van der Waals surface area contributed by atoms with E-state index in [1.54, 1.807) is 24.3 Å². The fourth-order valence-corrected chi connectivity index (χ4v) is 4.21. The highest BCUT2D eigenvalue weighted by Gasteiger charge is 2.17. The fourth-order valence-electron chi connectivity index (χ4n) is 4.21. The third-order valence-electron chi connectivity index (χ3n) is 5.93. The third-order valence-corrected chi connectivity index (χ3v) is 5.93. The average molecular weight is 546 g/mol. The lowest BCUT2D eigenvalue weighted by atomic mass is 10.1. The molecule has 2 aromatic heterocycles. The number of nitrogens with one attached hydrogen (secondary N) is 1. The van der Waals surface area contributed by atoms with Crippen molar-refractivity contribution in [2.45, 2.75) is 45.6 Å². The number of aromatic nitrogens is 3. The van der Waals surface area contributed by atoms with Crippen molar-refractivity contribution in [3.63, 3.8) is 0 Å². The van der Waals surface area contributed by atoms with E-state index in [1.807, 2.05) is 18.2 Å². The first-order valence-electron chi connectivity index (χ1n) is 12.0. The molecule has 0 unspecified atom stereocenters. The van der Waals surface area contributed by atoms with Crippen LogP contribution in [0.1, 0.15) is 48.8 Å². The molecule has 0 aliphatic heterocycles. The number of para-hydroxylation sites is 1. The van der Waals surface area contributed by atoms with Crippen LogP contribution >= 0.6 is 24.8 Å². The number of amides is 1. The Balaban J connectivity index is 0.00000241. The molecule has 37 heavy (non-hydrogen) atoms. The van der Waals surface area contributed by atoms with Crippen LogP contribution in [-0.2, 0) is 13.0 Å². The number of rotatable bonds is 10. The first-order valence-corrected chi connectivity index (χ1v) is 12.0. The molecule has 11 heteroatoms. The second kappa shape index (κ2) is 13.7. The maximum absolute atomic E-state index is 12.5. The average Bonchev–Trinajstić information content (AvgIpc) is 3.22. The molecule has 2 heterocycles. The fraction of sp³-hybridized carbons (Fsp3) is 0.308. The van der Waals surface area contributed by atoms with E-state index in [0.29, 0.717) is 23.6 Å². The van der Waals surface area contributed by atoms with Gasteiger partial charge in [0, 0.05) is 30.5 Å². The van der Waals surface area contributed by atoms with Gasteiger partial charge in [-0.3, -0.25) is 4.79 Å². The number of anilines is 1. The second-order valence-corrected chi connectivity index (χ2v) is 8.54. The Bertz CT molecular complexity index is 1360. The van der Waals surface area contributed by atoms with Crippen LogP contribution in [0, 0.1) is 0 Å². The van der Waals surface area contributed by atoms with Gasteiger partial charge in [0.25, 0.3) is 5.91 Å². The van der Waals surface area contributed by atoms with E-state index in [4.69, 9.17) is 22.2 Å². The van der Waals surface area contributed by atoms with Gasteiger partial charge in [-0.05, 0) is 49.6 Å². The van der Waals surface area contributed by atoms with E-state index in [1.165, 1.54) is 0 Å². The molecule has 4 aromatic rings. The van der Waals surface area contributed by atoms with Gasteiger partial charge in [0.15, 0.2) is 11.8 Å². The van der Waals surface area contributed by atoms with Crippen LogP contribution in [0.25, 0.3) is 21.9 Å². The van der Waals surface area contributed by atoms with Crippen molar-refractivity contribution in [2.24, 2.45) is 16.5 Å². The molecule has 0 aliphatic carbocycles. The van der Waals surface area contributed by atoms with Gasteiger partial charge in [-0.2, -0.15) is 0 Å². The maximum Gasteiger partial charge on any atom is 0.251 e. The standard InChI is InChI=1S/C26H32N8O.2ClH/c1-2-3-10-21-33-22-23(19-8-4-5-9-20(19)32-24(22)27)34(21)16-7-6-15-30-25(35)17-11-13-18(14-12-17)31-26(28)29;;/h4-5,8-9,11-14H,2-3,6-7,10,15-16H2,1H3,(H2,27,32)(H,30,35)(H4,28,29,31);2*1H. The lowest BCUT2D eigenvalue weighted by Gasteiger charge is -2.11. The van der Waals surface area contributed by atoms with Crippen molar-refractivity contribution >= 4 is 70.1 Å². The highest BCUT2D eigenvalue weighted by molar-refractivity contribution is 6.06. The minimum Gasteiger partial charge on any atom is -0.382 e. The number of aliphatic imine (C=N–C) groups is 1. The molecule has 9 nitrogen and oxygen atoms in total. The van der Waals surface area contributed by atoms with Gasteiger partial charge in [-0.25, -0.2) is 15.0 Å². The monoisotopic (exact) mass is 544 g/mol. The van der Waals surface area contributed by atoms with Gasteiger partial charge in [0.05, 0.1) is 16.7 Å². The number of halogens is 2. The molecular weight excluding hydrogens is 511 g/mol. The first-order chi connectivity index (χ1) is 17.0. The summed E-state index contributed by atoms with van der Waals surface area (Å²) in [5.74, 6) is 1.37. The number of nitrogens with two attached hydrogens (primary N) is 3. The van der Waals surface area contributed by atoms with Crippen molar-refractivity contribution in [1.82, 2.24) is 19.9 Å². The number of carbonyl (C=O) groups is 1. The Labute approximate surface area is 228 Å². The molecular formula is C26H34Cl2N8O. The number of benzene rings is 2. The van der Waals surface area contributed by atoms with Crippen molar-refractivity contribution < 1.29 is 4.79 Å². The number of carbonyl (C=O) groups excluding carboxylic acids is 1. The number of nitrogen functional groups attached to an aromatic ring is 1. The summed E-state index contributed by atoms with van der Waals surface area (Å²) in [5.41, 5.74) is 20.9. The highest BCUT2D eigenvalue weighted by atomic mass is 35.5. The molecule has 2 aromatic carbocycles. The van der Waals surface area contributed by atoms with Crippen LogP contribution in [0.4, 0.5) is 11.5 Å². The summed E-state index contributed by atoms with van der Waals surface area (Å²) in [4.78, 5) is 25.9. The SMILES string of the molecule is CCCCc1nc2c(N)nc3ccccc3c2n1CCCCNC(=O)c1ccc(N=C(N)N)cc1.Cl.Cl. The minimum atomic E-state index is -0.122. The number of hydrogen-bond acceptors (Lipinski definition) is 5. The van der Waals surface area contributed by atoms with Crippen LogP contribution in [0.2, 0.25) is 0 Å². The Morgan fingerprint density at radius 3 is 2.43 bits per heavy atom. The van der Waals surface area contributed by atoms with Crippen molar-refractivity contribution in [1.29, 1.82) is 0 Å². The largest absolute Gasteiger partial charge is 0.382 e. The normalized spacial score (nSPS) is 10.5. The second-order valence-electron chi connectivity index (χ2n) is 8.54. The van der Waals surface area contributed by atoms with Crippen molar-refractivity contribution in [2.75, 3.05) is 12.3 Å². The van der Waals surface area contributed by atoms with E-state index in [-0.39, 0.29) is 36.7 Å². The van der Waals surface area contributed by atoms with E-state index in [2.05, 4.69) is 32.9 Å². The van der Waals surface area contributed by atoms with Crippen molar-refractivity contribution in [3.8, 4) is 0 Å². The molecule has 1 amide bonds. The lowest BCUT2D eigenvalue weighted by Crippen LogP contribution is -2.24. The summed E-state index contributed by atoms with van der Waals surface area (Å²) < 4.78 is 2.29.